The third-order valence-electron chi connectivity index (χ3n) is 5.95. The predicted molar refractivity (Wildman–Crippen MR) is 141 cm³/mol. The van der Waals surface area contributed by atoms with Gasteiger partial charge in [0.2, 0.25) is 5.91 Å². The molecule has 0 fully saturated rings. The number of carbonyl (C=O) groups excluding carboxylic acids is 3. The third kappa shape index (κ3) is 5.96. The first-order chi connectivity index (χ1) is 17.8. The zero-order chi connectivity index (χ0) is 26.5. The van der Waals surface area contributed by atoms with Gasteiger partial charge in [-0.1, -0.05) is 17.8 Å². The maximum atomic E-state index is 13.0. The molecule has 1 aliphatic carbocycles. The van der Waals surface area contributed by atoms with Crippen LogP contribution in [0.15, 0.2) is 29.4 Å². The monoisotopic (exact) mass is 543 g/mol. The van der Waals surface area contributed by atoms with E-state index in [1.807, 2.05) is 0 Å². The average molecular weight is 544 g/mol. The van der Waals surface area contributed by atoms with Crippen LogP contribution in [0.5, 0.6) is 5.75 Å². The van der Waals surface area contributed by atoms with Crippen LogP contribution < -0.4 is 15.4 Å². The van der Waals surface area contributed by atoms with E-state index in [1.165, 1.54) is 23.1 Å². The van der Waals surface area contributed by atoms with Crippen molar-refractivity contribution in [2.45, 2.75) is 50.1 Å². The molecule has 2 aromatic heterocycles. The molecular weight excluding hydrogens is 514 g/mol. The Morgan fingerprint density at radius 1 is 1.24 bits per heavy atom. The molecule has 2 N–H and O–H groups in total. The minimum atomic E-state index is -0.505. The maximum Gasteiger partial charge on any atom is 0.341 e. The second kappa shape index (κ2) is 11.8. The van der Waals surface area contributed by atoms with Crippen molar-refractivity contribution in [2.75, 3.05) is 19.0 Å². The average Bonchev–Trinajstić information content (AvgIpc) is 3.57. The highest BCUT2D eigenvalue weighted by Crippen LogP contribution is 2.40. The van der Waals surface area contributed by atoms with Crippen molar-refractivity contribution in [3.05, 3.63) is 51.7 Å². The Kier molecular flexibility index (Phi) is 8.49. The number of anilines is 1. The second-order valence-corrected chi connectivity index (χ2v) is 10.8. The van der Waals surface area contributed by atoms with Crippen molar-refractivity contribution in [3.63, 3.8) is 0 Å². The molecule has 1 unspecified atom stereocenters. The van der Waals surface area contributed by atoms with Crippen molar-refractivity contribution in [1.29, 1.82) is 0 Å². The molecule has 1 aliphatic rings. The highest BCUT2D eigenvalue weighted by molar-refractivity contribution is 8.00. The van der Waals surface area contributed by atoms with E-state index in [0.717, 1.165) is 29.7 Å². The standard InChI is InChI=1S/C25H29N5O5S2/c1-5-35-24(33)20-17-10-7-11-18(17)37-23(20)27-21(31)14(2)36-25-29-28-19(30(25)3)13-26-22(32)15-8-6-9-16(12-15)34-4/h6,8-9,12,14H,5,7,10-11,13H2,1-4H3,(H,26,32)(H,27,31). The number of thioether (sulfide) groups is 1. The maximum absolute atomic E-state index is 13.0. The molecule has 1 atom stereocenters. The largest absolute Gasteiger partial charge is 0.497 e. The van der Waals surface area contributed by atoms with Gasteiger partial charge in [-0.3, -0.25) is 9.59 Å². The van der Waals surface area contributed by atoms with E-state index in [4.69, 9.17) is 9.47 Å². The lowest BCUT2D eigenvalue weighted by Gasteiger charge is -2.12. The highest BCUT2D eigenvalue weighted by atomic mass is 32.2. The lowest BCUT2D eigenvalue weighted by atomic mass is 10.1. The number of ether oxygens (including phenoxy) is 2. The SMILES string of the molecule is CCOC(=O)c1c(NC(=O)C(C)Sc2nnc(CNC(=O)c3cccc(OC)c3)n2C)sc2c1CCC2. The van der Waals surface area contributed by atoms with E-state index in [0.29, 0.717) is 32.9 Å². The van der Waals surface area contributed by atoms with Gasteiger partial charge in [-0.15, -0.1) is 21.5 Å². The first kappa shape index (κ1) is 26.7. The molecule has 2 amide bonds. The Morgan fingerprint density at radius 2 is 2.05 bits per heavy atom. The van der Waals surface area contributed by atoms with Crippen LogP contribution >= 0.6 is 23.1 Å². The number of hydrogen-bond donors (Lipinski definition) is 2. The number of fused-ring (bicyclic) bond motifs is 1. The number of aromatic nitrogens is 3. The summed E-state index contributed by atoms with van der Waals surface area (Å²) in [4.78, 5) is 39.2. The first-order valence-electron chi connectivity index (χ1n) is 11.9. The van der Waals surface area contributed by atoms with Gasteiger partial charge in [0.25, 0.3) is 5.91 Å². The van der Waals surface area contributed by atoms with Crippen LogP contribution in [0, 0.1) is 0 Å². The molecule has 10 nitrogen and oxygen atoms in total. The van der Waals surface area contributed by atoms with Gasteiger partial charge in [0.05, 0.1) is 31.1 Å². The number of carbonyl (C=O) groups is 3. The number of aryl methyl sites for hydroxylation is 1. The molecule has 0 aliphatic heterocycles. The molecule has 0 spiro atoms. The summed E-state index contributed by atoms with van der Waals surface area (Å²) in [5, 5.41) is 14.7. The van der Waals surface area contributed by atoms with E-state index >= 15 is 0 Å². The number of methoxy groups -OCH3 is 1. The summed E-state index contributed by atoms with van der Waals surface area (Å²) < 4.78 is 12.1. The Labute approximate surface area is 223 Å². The number of esters is 1. The highest BCUT2D eigenvalue weighted by Gasteiger charge is 2.29. The molecule has 3 aromatic rings. The van der Waals surface area contributed by atoms with Gasteiger partial charge in [-0.2, -0.15) is 0 Å². The fraction of sp³-hybridized carbons (Fsp3) is 0.400. The van der Waals surface area contributed by atoms with Crippen molar-refractivity contribution >= 4 is 45.9 Å². The summed E-state index contributed by atoms with van der Waals surface area (Å²) >= 11 is 2.69. The lowest BCUT2D eigenvalue weighted by molar-refractivity contribution is -0.115. The fourth-order valence-electron chi connectivity index (χ4n) is 3.96. The van der Waals surface area contributed by atoms with Gasteiger partial charge in [0, 0.05) is 17.5 Å². The summed E-state index contributed by atoms with van der Waals surface area (Å²) in [5.74, 6) is 0.242. The minimum Gasteiger partial charge on any atom is -0.497 e. The van der Waals surface area contributed by atoms with Gasteiger partial charge < -0.3 is 24.7 Å². The van der Waals surface area contributed by atoms with Gasteiger partial charge in [-0.05, 0) is 56.9 Å². The molecule has 4 rings (SSSR count). The first-order valence-corrected chi connectivity index (χ1v) is 13.6. The number of thiophene rings is 1. The number of nitrogens with zero attached hydrogens (tertiary/aromatic N) is 3. The molecule has 2 heterocycles. The quantitative estimate of drug-likeness (QED) is 0.294. The minimum absolute atomic E-state index is 0.171. The van der Waals surface area contributed by atoms with E-state index in [1.54, 1.807) is 56.8 Å². The number of rotatable bonds is 10. The van der Waals surface area contributed by atoms with Crippen LogP contribution in [0.1, 0.15) is 57.2 Å². The number of hydrogen-bond acceptors (Lipinski definition) is 9. The fourth-order valence-corrected chi connectivity index (χ4v) is 6.08. The predicted octanol–water partition coefficient (Wildman–Crippen LogP) is 3.60. The molecule has 0 radical (unpaired) electrons. The molecule has 0 bridgehead atoms. The van der Waals surface area contributed by atoms with Crippen LogP contribution in [-0.4, -0.2) is 51.5 Å². The van der Waals surface area contributed by atoms with Crippen molar-refractivity contribution in [3.8, 4) is 5.75 Å². The Balaban J connectivity index is 1.38. The van der Waals surface area contributed by atoms with E-state index in [2.05, 4.69) is 20.8 Å². The van der Waals surface area contributed by atoms with Gasteiger partial charge >= 0.3 is 5.97 Å². The normalized spacial score (nSPS) is 13.1. The number of benzene rings is 1. The molecular formula is C25H29N5O5S2. The van der Waals surface area contributed by atoms with E-state index in [9.17, 15) is 14.4 Å². The summed E-state index contributed by atoms with van der Waals surface area (Å²) in [6.07, 6.45) is 2.72. The summed E-state index contributed by atoms with van der Waals surface area (Å²) in [5.41, 5.74) is 1.95. The molecule has 37 heavy (non-hydrogen) atoms. The molecule has 196 valence electrons. The van der Waals surface area contributed by atoms with Gasteiger partial charge in [0.15, 0.2) is 11.0 Å². The summed E-state index contributed by atoms with van der Waals surface area (Å²) in [7, 11) is 3.32. The lowest BCUT2D eigenvalue weighted by Crippen LogP contribution is -2.25. The van der Waals surface area contributed by atoms with Crippen LogP contribution in [-0.2, 0) is 36.0 Å². The Morgan fingerprint density at radius 3 is 2.81 bits per heavy atom. The molecule has 12 heteroatoms. The van der Waals surface area contributed by atoms with Crippen LogP contribution in [0.4, 0.5) is 5.00 Å². The Hall–Kier alpha value is -3.38. The van der Waals surface area contributed by atoms with Crippen LogP contribution in [0.25, 0.3) is 0 Å². The van der Waals surface area contributed by atoms with Crippen molar-refractivity contribution < 1.29 is 23.9 Å². The number of nitrogens with one attached hydrogen (secondary N) is 2. The van der Waals surface area contributed by atoms with E-state index in [-0.39, 0.29) is 25.0 Å². The van der Waals surface area contributed by atoms with Crippen molar-refractivity contribution in [1.82, 2.24) is 20.1 Å². The van der Waals surface area contributed by atoms with Gasteiger partial charge in [0.1, 0.15) is 10.8 Å². The summed E-state index contributed by atoms with van der Waals surface area (Å²) in [6, 6.07) is 6.87. The molecule has 0 saturated heterocycles. The van der Waals surface area contributed by atoms with Crippen molar-refractivity contribution in [2.24, 2.45) is 7.05 Å². The van der Waals surface area contributed by atoms with E-state index < -0.39 is 11.2 Å². The van der Waals surface area contributed by atoms with Gasteiger partial charge in [-0.25, -0.2) is 4.79 Å². The zero-order valence-electron chi connectivity index (χ0n) is 21.1. The Bertz CT molecular complexity index is 1320. The van der Waals surface area contributed by atoms with Crippen LogP contribution in [0.2, 0.25) is 0 Å². The third-order valence-corrected chi connectivity index (χ3v) is 8.29. The smallest absolute Gasteiger partial charge is 0.341 e. The number of amides is 2. The topological polar surface area (TPSA) is 124 Å². The molecule has 0 saturated carbocycles. The van der Waals surface area contributed by atoms with Crippen LogP contribution in [0.3, 0.4) is 0 Å². The second-order valence-electron chi connectivity index (χ2n) is 8.40. The molecule has 1 aromatic carbocycles. The summed E-state index contributed by atoms with van der Waals surface area (Å²) in [6.45, 7) is 3.98. The zero-order valence-corrected chi connectivity index (χ0v) is 22.8.